The maximum atomic E-state index is 12.7. The molecule has 2 N–H and O–H groups in total. The van der Waals surface area contributed by atoms with Gasteiger partial charge >= 0.3 is 65.1 Å². The summed E-state index contributed by atoms with van der Waals surface area (Å²) in [6.45, 7) is 0.120. The Morgan fingerprint density at radius 3 is 1.78 bits per heavy atom. The largest absolute Gasteiger partial charge is 1.00 e. The van der Waals surface area contributed by atoms with Crippen LogP contribution >= 0.6 is 0 Å². The van der Waals surface area contributed by atoms with Crippen molar-refractivity contribution in [2.24, 2.45) is 0 Å². The fourth-order valence-corrected chi connectivity index (χ4v) is 3.91. The molecule has 0 saturated carbocycles. The molecule has 0 saturated heterocycles. The summed E-state index contributed by atoms with van der Waals surface area (Å²) >= 11 is 0. The van der Waals surface area contributed by atoms with Crippen LogP contribution < -0.4 is 74.6 Å². The van der Waals surface area contributed by atoms with Crippen molar-refractivity contribution in [2.75, 3.05) is 26.2 Å². The summed E-state index contributed by atoms with van der Waals surface area (Å²) in [4.78, 5) is 46.4. The van der Waals surface area contributed by atoms with E-state index in [1.54, 1.807) is 0 Å². The minimum Gasteiger partial charge on any atom is -0.549 e. The summed E-state index contributed by atoms with van der Waals surface area (Å²) in [6.07, 6.45) is 19.3. The predicted molar refractivity (Wildman–Crippen MR) is 130 cm³/mol. The fourth-order valence-electron chi connectivity index (χ4n) is 3.91. The van der Waals surface area contributed by atoms with E-state index in [1.807, 2.05) is 0 Å². The smallest absolute Gasteiger partial charge is 0.549 e. The van der Waals surface area contributed by atoms with E-state index in [1.165, 1.54) is 38.5 Å². The standard InChI is InChI=1S/C26H46N2O7.2Na/c1-2-3-4-5-6-7-8-9-10-11-12-13-14-15-16-17-23(29)22(18-27-19-24(30)31)28(20-25(32)33)21-26(34)35;;/h9-10,22,27H,2-8,11-21H2,1H3,(H,30,31)(H,32,33)(H,34,35);;/q;2*+1/p-2/b10-9-;;. The van der Waals surface area contributed by atoms with Gasteiger partial charge in [-0.05, 0) is 32.1 Å². The van der Waals surface area contributed by atoms with Gasteiger partial charge in [-0.3, -0.25) is 14.5 Å². The first-order valence-corrected chi connectivity index (χ1v) is 13.0. The van der Waals surface area contributed by atoms with Crippen LogP contribution in [0.15, 0.2) is 12.2 Å². The third kappa shape index (κ3) is 27.1. The van der Waals surface area contributed by atoms with Gasteiger partial charge < -0.3 is 30.2 Å². The molecular formula is C26H44N2Na2O7. The van der Waals surface area contributed by atoms with Gasteiger partial charge in [-0.25, -0.2) is 0 Å². The van der Waals surface area contributed by atoms with Crippen molar-refractivity contribution < 1.29 is 93.6 Å². The first-order valence-electron chi connectivity index (χ1n) is 13.0. The predicted octanol–water partition coefficient (Wildman–Crippen LogP) is -4.55. The monoisotopic (exact) mass is 542 g/mol. The quantitative estimate of drug-likeness (QED) is 0.0661. The van der Waals surface area contributed by atoms with E-state index in [0.29, 0.717) is 6.42 Å². The van der Waals surface area contributed by atoms with Crippen LogP contribution in [0, 0.1) is 0 Å². The summed E-state index contributed by atoms with van der Waals surface area (Å²) in [5.41, 5.74) is 0. The van der Waals surface area contributed by atoms with Gasteiger partial charge in [0.15, 0.2) is 5.78 Å². The number of carbonyl (C=O) groups is 4. The third-order valence-corrected chi connectivity index (χ3v) is 5.77. The maximum absolute atomic E-state index is 12.7. The Hall–Kier alpha value is -0.260. The Balaban J connectivity index is -0.00000578. The van der Waals surface area contributed by atoms with Gasteiger partial charge in [-0.15, -0.1) is 0 Å². The van der Waals surface area contributed by atoms with Gasteiger partial charge in [-0.2, -0.15) is 0 Å². The van der Waals surface area contributed by atoms with Crippen molar-refractivity contribution in [3.05, 3.63) is 12.2 Å². The molecule has 1 unspecified atom stereocenters. The number of nitrogens with zero attached hydrogens (tertiary/aromatic N) is 1. The Kier molecular flexibility index (Phi) is 32.0. The zero-order valence-corrected chi connectivity index (χ0v) is 27.3. The molecule has 0 aromatic carbocycles. The van der Waals surface area contributed by atoms with Crippen LogP contribution in [-0.2, 0) is 19.2 Å². The Morgan fingerprint density at radius 1 is 0.784 bits per heavy atom. The summed E-state index contributed by atoms with van der Waals surface area (Å²) in [6, 6.07) is -1.07. The van der Waals surface area contributed by atoms with Crippen LogP contribution in [0.1, 0.15) is 96.8 Å². The molecule has 0 aromatic heterocycles. The minimum absolute atomic E-state index is 0. The summed E-state index contributed by atoms with van der Waals surface area (Å²) in [7, 11) is 0. The normalized spacial score (nSPS) is 11.6. The van der Waals surface area contributed by atoms with Crippen molar-refractivity contribution in [1.82, 2.24) is 10.2 Å². The second-order valence-corrected chi connectivity index (χ2v) is 8.99. The van der Waals surface area contributed by atoms with Gasteiger partial charge in [0.05, 0.1) is 24.5 Å². The van der Waals surface area contributed by atoms with E-state index in [9.17, 15) is 29.4 Å². The van der Waals surface area contributed by atoms with Crippen LogP contribution in [0.5, 0.6) is 0 Å². The fraction of sp³-hybridized carbons (Fsp3) is 0.769. The molecule has 37 heavy (non-hydrogen) atoms. The van der Waals surface area contributed by atoms with E-state index in [4.69, 9.17) is 5.11 Å². The first-order chi connectivity index (χ1) is 16.8. The molecule has 1 atom stereocenters. The van der Waals surface area contributed by atoms with Gasteiger partial charge in [0.25, 0.3) is 0 Å². The molecule has 0 aromatic rings. The number of ketones is 1. The number of nitrogens with one attached hydrogen (secondary N) is 1. The molecular weight excluding hydrogens is 498 g/mol. The van der Waals surface area contributed by atoms with Crippen LogP contribution in [0.25, 0.3) is 0 Å². The van der Waals surface area contributed by atoms with Crippen LogP contribution in [0.3, 0.4) is 0 Å². The molecule has 0 heterocycles. The van der Waals surface area contributed by atoms with E-state index in [-0.39, 0.29) is 77.9 Å². The Bertz CT molecular complexity index is 632. The van der Waals surface area contributed by atoms with Crippen molar-refractivity contribution in [3.8, 4) is 0 Å². The molecule has 0 aliphatic rings. The van der Waals surface area contributed by atoms with Gasteiger partial charge in [0.2, 0.25) is 0 Å². The molecule has 0 aliphatic carbocycles. The van der Waals surface area contributed by atoms with Crippen LogP contribution in [0.4, 0.5) is 0 Å². The summed E-state index contributed by atoms with van der Waals surface area (Å²) in [5.74, 6) is -4.50. The topological polar surface area (TPSA) is 150 Å². The number of carbonyl (C=O) groups excluding carboxylic acids is 3. The second-order valence-electron chi connectivity index (χ2n) is 8.99. The zero-order chi connectivity index (χ0) is 26.3. The van der Waals surface area contributed by atoms with Gasteiger partial charge in [-0.1, -0.05) is 70.4 Å². The van der Waals surface area contributed by atoms with Crippen LogP contribution in [0.2, 0.25) is 0 Å². The van der Waals surface area contributed by atoms with E-state index >= 15 is 0 Å². The number of unbranched alkanes of at least 4 members (excludes halogenated alkanes) is 11. The average Bonchev–Trinajstić information content (AvgIpc) is 2.78. The number of carboxylic acid groups (broad SMARTS) is 3. The number of carboxylic acids is 3. The molecule has 202 valence electrons. The van der Waals surface area contributed by atoms with Crippen molar-refractivity contribution in [2.45, 2.75) is 103 Å². The Labute approximate surface area is 266 Å². The zero-order valence-electron chi connectivity index (χ0n) is 23.3. The molecule has 0 amide bonds. The SMILES string of the molecule is CCCCCCCC/C=C\CCCCCCCC(=O)C(CNCC(=O)[O-])N(CC(=O)[O-])CC(=O)O.[Na+].[Na+]. The maximum Gasteiger partial charge on any atom is 1.00 e. The molecule has 0 aliphatic heterocycles. The molecule has 0 fully saturated rings. The minimum atomic E-state index is -1.51. The molecule has 11 heteroatoms. The van der Waals surface area contributed by atoms with Crippen molar-refractivity contribution in [1.29, 1.82) is 0 Å². The molecule has 0 radical (unpaired) electrons. The molecule has 9 nitrogen and oxygen atoms in total. The number of Topliss-reactive ketones (excluding diaryl/α,β-unsaturated/α-hetero) is 1. The van der Waals surface area contributed by atoms with Crippen molar-refractivity contribution in [3.63, 3.8) is 0 Å². The summed E-state index contributed by atoms with van der Waals surface area (Å²) in [5, 5.41) is 33.2. The second kappa shape index (κ2) is 28.7. The first kappa shape index (κ1) is 41.2. The molecule has 0 rings (SSSR count). The van der Waals surface area contributed by atoms with Gasteiger partial charge in [0.1, 0.15) is 0 Å². The molecule has 0 bridgehead atoms. The van der Waals surface area contributed by atoms with Crippen molar-refractivity contribution >= 4 is 23.7 Å². The summed E-state index contributed by atoms with van der Waals surface area (Å²) < 4.78 is 0. The molecule has 0 spiro atoms. The van der Waals surface area contributed by atoms with E-state index < -0.39 is 43.6 Å². The number of hydrogen-bond donors (Lipinski definition) is 2. The number of aliphatic carboxylic acids is 3. The number of hydrogen-bond acceptors (Lipinski definition) is 8. The Morgan fingerprint density at radius 2 is 1.30 bits per heavy atom. The number of allylic oxidation sites excluding steroid dienone is 2. The van der Waals surface area contributed by atoms with E-state index in [2.05, 4.69) is 24.4 Å². The van der Waals surface area contributed by atoms with Crippen LogP contribution in [-0.4, -0.2) is 65.9 Å². The van der Waals surface area contributed by atoms with E-state index in [0.717, 1.165) is 43.4 Å². The average molecular weight is 543 g/mol. The van der Waals surface area contributed by atoms with Gasteiger partial charge in [0, 0.05) is 26.1 Å². The number of rotatable bonds is 25. The third-order valence-electron chi connectivity index (χ3n) is 5.77.